The van der Waals surface area contributed by atoms with E-state index in [1.807, 2.05) is 0 Å². The van der Waals surface area contributed by atoms with Crippen LogP contribution in [0.1, 0.15) is 26.0 Å². The number of anilines is 1. The van der Waals surface area contributed by atoms with E-state index in [9.17, 15) is 35.9 Å². The predicted octanol–water partition coefficient (Wildman–Crippen LogP) is 3.41. The van der Waals surface area contributed by atoms with Gasteiger partial charge in [0.25, 0.3) is 0 Å². The van der Waals surface area contributed by atoms with Gasteiger partial charge in [0.2, 0.25) is 5.91 Å². The van der Waals surface area contributed by atoms with E-state index in [0.29, 0.717) is 0 Å². The Hall–Kier alpha value is -3.12. The number of benzene rings is 1. The van der Waals surface area contributed by atoms with Gasteiger partial charge in [-0.1, -0.05) is 19.1 Å². The summed E-state index contributed by atoms with van der Waals surface area (Å²) in [6, 6.07) is 5.15. The first-order chi connectivity index (χ1) is 13.9. The molecular formula is C17H16F6N4O3. The molecule has 0 bridgehead atoms. The largest absolute Gasteiger partial charge is 0.463 e. The van der Waals surface area contributed by atoms with Gasteiger partial charge in [0.05, 0.1) is 17.6 Å². The van der Waals surface area contributed by atoms with Crippen LogP contribution in [-0.4, -0.2) is 40.3 Å². The second-order valence-corrected chi connectivity index (χ2v) is 5.90. The number of halogens is 6. The average Bonchev–Trinajstić information content (AvgIpc) is 2.65. The fraction of sp³-hybridized carbons (Fsp3) is 0.412. The second kappa shape index (κ2) is 8.32. The molecule has 0 aliphatic heterocycles. The minimum absolute atomic E-state index is 0.172. The highest BCUT2D eigenvalue weighted by molar-refractivity contribution is 5.91. The molecule has 164 valence electrons. The second-order valence-electron chi connectivity index (χ2n) is 5.90. The highest BCUT2D eigenvalue weighted by Crippen LogP contribution is 2.38. The number of carbonyl (C=O) groups is 2. The van der Waals surface area contributed by atoms with Crippen LogP contribution in [0, 0.1) is 0 Å². The van der Waals surface area contributed by atoms with E-state index in [1.54, 1.807) is 0 Å². The first-order valence-electron chi connectivity index (χ1n) is 8.52. The molecule has 0 radical (unpaired) electrons. The topological polar surface area (TPSA) is 93.2 Å². The molecule has 2 aromatic rings. The Morgan fingerprint density at radius 1 is 1.00 bits per heavy atom. The molecule has 0 fully saturated rings. The van der Waals surface area contributed by atoms with E-state index in [0.717, 1.165) is 0 Å². The molecule has 2 rings (SSSR count). The number of fused-ring (bicyclic) bond motifs is 1. The lowest BCUT2D eigenvalue weighted by molar-refractivity contribution is -0.208. The van der Waals surface area contributed by atoms with Crippen molar-refractivity contribution in [2.45, 2.75) is 38.3 Å². The molecule has 1 aromatic carbocycles. The van der Waals surface area contributed by atoms with E-state index in [-0.39, 0.29) is 11.0 Å². The maximum Gasteiger partial charge on any atom is 0.441 e. The molecule has 1 atom stereocenters. The van der Waals surface area contributed by atoms with Crippen LogP contribution in [0.4, 0.5) is 32.2 Å². The van der Waals surface area contributed by atoms with Gasteiger partial charge in [-0.05, 0) is 19.1 Å². The molecule has 0 saturated carbocycles. The Morgan fingerprint density at radius 2 is 1.57 bits per heavy atom. The van der Waals surface area contributed by atoms with Crippen LogP contribution >= 0.6 is 0 Å². The monoisotopic (exact) mass is 438 g/mol. The SMILES string of the molecule is CCOC(=O)[C@](NC(=O)CC)(Nc1nc2ccccc2nc1C(F)(F)F)C(F)(F)F. The fourth-order valence-electron chi connectivity index (χ4n) is 2.39. The zero-order chi connectivity index (χ0) is 22.7. The number of ether oxygens (including phenoxy) is 1. The summed E-state index contributed by atoms with van der Waals surface area (Å²) < 4.78 is 86.8. The molecule has 2 N–H and O–H groups in total. The molecule has 1 amide bonds. The zero-order valence-electron chi connectivity index (χ0n) is 15.6. The van der Waals surface area contributed by atoms with Crippen molar-refractivity contribution in [1.29, 1.82) is 0 Å². The number of aromatic nitrogens is 2. The van der Waals surface area contributed by atoms with Crippen molar-refractivity contribution < 1.29 is 40.7 Å². The Labute approximate surface area is 165 Å². The van der Waals surface area contributed by atoms with Crippen molar-refractivity contribution in [3.05, 3.63) is 30.0 Å². The number of hydrogen-bond donors (Lipinski definition) is 2. The molecule has 0 unspecified atom stereocenters. The summed E-state index contributed by atoms with van der Waals surface area (Å²) in [6.07, 6.45) is -11.3. The number of amides is 1. The summed E-state index contributed by atoms with van der Waals surface area (Å²) in [7, 11) is 0. The number of alkyl halides is 6. The van der Waals surface area contributed by atoms with Gasteiger partial charge >= 0.3 is 24.0 Å². The lowest BCUT2D eigenvalue weighted by Gasteiger charge is -2.35. The van der Waals surface area contributed by atoms with Gasteiger partial charge in [0.1, 0.15) is 0 Å². The van der Waals surface area contributed by atoms with Gasteiger partial charge in [-0.25, -0.2) is 14.8 Å². The molecule has 0 aliphatic carbocycles. The number of rotatable bonds is 6. The third-order valence-electron chi connectivity index (χ3n) is 3.80. The summed E-state index contributed by atoms with van der Waals surface area (Å²) in [5.41, 5.74) is -6.23. The molecule has 1 heterocycles. The van der Waals surface area contributed by atoms with Crippen molar-refractivity contribution in [2.24, 2.45) is 0 Å². The number of para-hydroxylation sites is 2. The van der Waals surface area contributed by atoms with Crippen LogP contribution in [0.5, 0.6) is 0 Å². The zero-order valence-corrected chi connectivity index (χ0v) is 15.6. The molecule has 0 spiro atoms. The summed E-state index contributed by atoms with van der Waals surface area (Å²) in [5, 5.41) is 2.82. The maximum absolute atomic E-state index is 14.0. The van der Waals surface area contributed by atoms with Crippen LogP contribution in [0.3, 0.4) is 0 Å². The summed E-state index contributed by atoms with van der Waals surface area (Å²) in [5.74, 6) is -4.72. The summed E-state index contributed by atoms with van der Waals surface area (Å²) >= 11 is 0. The van der Waals surface area contributed by atoms with E-state index < -0.39 is 54.4 Å². The smallest absolute Gasteiger partial charge is 0.441 e. The molecule has 7 nitrogen and oxygen atoms in total. The number of nitrogens with one attached hydrogen (secondary N) is 2. The number of esters is 1. The van der Waals surface area contributed by atoms with Crippen LogP contribution < -0.4 is 10.6 Å². The molecule has 13 heteroatoms. The van der Waals surface area contributed by atoms with Gasteiger partial charge in [-0.15, -0.1) is 0 Å². The Kier molecular flexibility index (Phi) is 6.42. The number of nitrogens with zero attached hydrogens (tertiary/aromatic N) is 2. The molecule has 0 aliphatic rings. The standard InChI is InChI=1S/C17H16F6N4O3/c1-3-11(28)26-15(17(21,22)23,14(29)30-4-2)27-13-12(16(18,19)20)24-9-7-5-6-8-10(9)25-13/h5-8H,3-4H2,1-2H3,(H,25,27)(H,26,28)/t15-/m0/s1. The Morgan fingerprint density at radius 3 is 2.03 bits per heavy atom. The van der Waals surface area contributed by atoms with Gasteiger partial charge in [0.15, 0.2) is 11.5 Å². The van der Waals surface area contributed by atoms with Crippen molar-refractivity contribution in [2.75, 3.05) is 11.9 Å². The lowest BCUT2D eigenvalue weighted by Crippen LogP contribution is -2.69. The highest BCUT2D eigenvalue weighted by atomic mass is 19.4. The molecule has 1 aromatic heterocycles. The first kappa shape index (κ1) is 23.2. The highest BCUT2D eigenvalue weighted by Gasteiger charge is 2.64. The Bertz CT molecular complexity index is 947. The normalized spacial score (nSPS) is 14.1. The van der Waals surface area contributed by atoms with Crippen LogP contribution in [0.25, 0.3) is 11.0 Å². The minimum atomic E-state index is -5.60. The van der Waals surface area contributed by atoms with E-state index >= 15 is 0 Å². The summed E-state index contributed by atoms with van der Waals surface area (Å²) in [4.78, 5) is 30.9. The molecule has 0 saturated heterocycles. The van der Waals surface area contributed by atoms with Crippen LogP contribution in [0.2, 0.25) is 0 Å². The van der Waals surface area contributed by atoms with E-state index in [1.165, 1.54) is 48.7 Å². The molecule has 30 heavy (non-hydrogen) atoms. The minimum Gasteiger partial charge on any atom is -0.463 e. The predicted molar refractivity (Wildman–Crippen MR) is 92.0 cm³/mol. The molecular weight excluding hydrogens is 422 g/mol. The van der Waals surface area contributed by atoms with E-state index in [2.05, 4.69) is 14.7 Å². The first-order valence-corrected chi connectivity index (χ1v) is 8.52. The van der Waals surface area contributed by atoms with E-state index in [4.69, 9.17) is 0 Å². The third-order valence-corrected chi connectivity index (χ3v) is 3.80. The number of hydrogen-bond acceptors (Lipinski definition) is 6. The van der Waals surface area contributed by atoms with Gasteiger partial charge in [-0.3, -0.25) is 4.79 Å². The third kappa shape index (κ3) is 4.54. The van der Waals surface area contributed by atoms with Crippen molar-refractivity contribution in [3.63, 3.8) is 0 Å². The van der Waals surface area contributed by atoms with Gasteiger partial charge < -0.3 is 15.4 Å². The van der Waals surface area contributed by atoms with Crippen molar-refractivity contribution in [1.82, 2.24) is 15.3 Å². The van der Waals surface area contributed by atoms with Crippen molar-refractivity contribution >= 4 is 28.7 Å². The number of carbonyl (C=O) groups excluding carboxylic acids is 2. The van der Waals surface area contributed by atoms with Crippen LogP contribution in [-0.2, 0) is 20.5 Å². The van der Waals surface area contributed by atoms with Gasteiger partial charge in [0, 0.05) is 6.42 Å². The fourth-order valence-corrected chi connectivity index (χ4v) is 2.39. The Balaban J connectivity index is 2.76. The quantitative estimate of drug-likeness (QED) is 0.408. The van der Waals surface area contributed by atoms with Gasteiger partial charge in [-0.2, -0.15) is 26.3 Å². The average molecular weight is 438 g/mol. The van der Waals surface area contributed by atoms with Crippen molar-refractivity contribution in [3.8, 4) is 0 Å². The maximum atomic E-state index is 14.0. The lowest BCUT2D eigenvalue weighted by atomic mass is 10.1. The van der Waals surface area contributed by atoms with Crippen LogP contribution in [0.15, 0.2) is 24.3 Å². The summed E-state index contributed by atoms with van der Waals surface area (Å²) in [6.45, 7) is 1.85.